The first-order valence-corrected chi connectivity index (χ1v) is 8.71. The van der Waals surface area contributed by atoms with E-state index in [1.165, 1.54) is 11.1 Å². The van der Waals surface area contributed by atoms with Crippen LogP contribution in [0.5, 0.6) is 0 Å². The SMILES string of the molecule is C[C@H](O)[C@H]1CCN(Cc2ccccc2)C[C@@H]1c1ccc(Cl)cc1. The molecule has 0 unspecified atom stereocenters. The third-order valence-corrected chi connectivity index (χ3v) is 5.17. The molecule has 0 spiro atoms. The summed E-state index contributed by atoms with van der Waals surface area (Å²) in [7, 11) is 0. The van der Waals surface area contributed by atoms with E-state index >= 15 is 0 Å². The van der Waals surface area contributed by atoms with Gasteiger partial charge in [-0.3, -0.25) is 4.90 Å². The first-order chi connectivity index (χ1) is 11.1. The van der Waals surface area contributed by atoms with E-state index in [1.807, 2.05) is 19.1 Å². The Bertz CT molecular complexity index is 611. The van der Waals surface area contributed by atoms with Crippen LogP contribution in [0.15, 0.2) is 54.6 Å². The lowest BCUT2D eigenvalue weighted by molar-refractivity contribution is 0.0520. The van der Waals surface area contributed by atoms with Gasteiger partial charge in [-0.2, -0.15) is 0 Å². The maximum atomic E-state index is 10.2. The molecule has 23 heavy (non-hydrogen) atoms. The molecule has 2 nitrogen and oxygen atoms in total. The molecular weight excluding hydrogens is 306 g/mol. The smallest absolute Gasteiger partial charge is 0.0547 e. The van der Waals surface area contributed by atoms with Gasteiger partial charge in [-0.05, 0) is 49.1 Å². The molecule has 1 N–H and O–H groups in total. The maximum absolute atomic E-state index is 10.2. The Hall–Kier alpha value is -1.35. The zero-order valence-corrected chi connectivity index (χ0v) is 14.3. The molecule has 3 atom stereocenters. The minimum Gasteiger partial charge on any atom is -0.393 e. The van der Waals surface area contributed by atoms with Crippen LogP contribution in [0.2, 0.25) is 5.02 Å². The van der Waals surface area contributed by atoms with Gasteiger partial charge in [0.15, 0.2) is 0 Å². The molecule has 1 aliphatic heterocycles. The Morgan fingerprint density at radius 3 is 2.48 bits per heavy atom. The van der Waals surface area contributed by atoms with Crippen molar-refractivity contribution in [3.63, 3.8) is 0 Å². The number of benzene rings is 2. The highest BCUT2D eigenvalue weighted by molar-refractivity contribution is 6.30. The molecule has 0 amide bonds. The molecule has 1 fully saturated rings. The molecular formula is C20H24ClNO. The van der Waals surface area contributed by atoms with Crippen LogP contribution in [-0.2, 0) is 6.54 Å². The number of halogens is 1. The Morgan fingerprint density at radius 1 is 1.13 bits per heavy atom. The molecule has 2 aromatic carbocycles. The zero-order valence-electron chi connectivity index (χ0n) is 13.5. The average Bonchev–Trinajstić information content (AvgIpc) is 2.56. The van der Waals surface area contributed by atoms with Crippen molar-refractivity contribution in [1.82, 2.24) is 4.90 Å². The lowest BCUT2D eigenvalue weighted by Gasteiger charge is -2.40. The summed E-state index contributed by atoms with van der Waals surface area (Å²) in [5.74, 6) is 0.660. The second-order valence-corrected chi connectivity index (χ2v) is 7.01. The number of hydrogen-bond donors (Lipinski definition) is 1. The zero-order chi connectivity index (χ0) is 16.2. The summed E-state index contributed by atoms with van der Waals surface area (Å²) in [6, 6.07) is 18.7. The van der Waals surface area contributed by atoms with Crippen LogP contribution in [0.3, 0.4) is 0 Å². The number of piperidine rings is 1. The fraction of sp³-hybridized carbons (Fsp3) is 0.400. The lowest BCUT2D eigenvalue weighted by Crippen LogP contribution is -2.42. The Kier molecular flexibility index (Phi) is 5.37. The quantitative estimate of drug-likeness (QED) is 0.902. The van der Waals surface area contributed by atoms with Gasteiger partial charge in [0.2, 0.25) is 0 Å². The molecule has 0 bridgehead atoms. The number of aliphatic hydroxyl groups excluding tert-OH is 1. The van der Waals surface area contributed by atoms with E-state index in [1.54, 1.807) is 0 Å². The Morgan fingerprint density at radius 2 is 1.83 bits per heavy atom. The van der Waals surface area contributed by atoms with Crippen LogP contribution in [0.4, 0.5) is 0 Å². The first kappa shape index (κ1) is 16.5. The van der Waals surface area contributed by atoms with Gasteiger partial charge in [0.25, 0.3) is 0 Å². The second-order valence-electron chi connectivity index (χ2n) is 6.57. The van der Waals surface area contributed by atoms with Crippen molar-refractivity contribution in [2.24, 2.45) is 5.92 Å². The van der Waals surface area contributed by atoms with Gasteiger partial charge < -0.3 is 5.11 Å². The molecule has 0 radical (unpaired) electrons. The fourth-order valence-electron chi connectivity index (χ4n) is 3.66. The normalized spacial score (nSPS) is 23.6. The molecule has 122 valence electrons. The number of likely N-dealkylation sites (tertiary alicyclic amines) is 1. The average molecular weight is 330 g/mol. The molecule has 1 aliphatic rings. The minimum atomic E-state index is -0.283. The Labute approximate surface area is 143 Å². The third-order valence-electron chi connectivity index (χ3n) is 4.92. The number of aliphatic hydroxyl groups is 1. The van der Waals surface area contributed by atoms with E-state index in [4.69, 9.17) is 11.6 Å². The van der Waals surface area contributed by atoms with Crippen molar-refractivity contribution in [2.45, 2.75) is 31.9 Å². The summed E-state index contributed by atoms with van der Waals surface area (Å²) in [5.41, 5.74) is 2.62. The molecule has 1 saturated heterocycles. The van der Waals surface area contributed by atoms with Gasteiger partial charge in [-0.1, -0.05) is 54.1 Å². The van der Waals surface area contributed by atoms with Crippen molar-refractivity contribution < 1.29 is 5.11 Å². The molecule has 3 rings (SSSR count). The summed E-state index contributed by atoms with van der Waals surface area (Å²) < 4.78 is 0. The molecule has 3 heteroatoms. The highest BCUT2D eigenvalue weighted by Crippen LogP contribution is 2.35. The van der Waals surface area contributed by atoms with E-state index in [2.05, 4.69) is 47.4 Å². The van der Waals surface area contributed by atoms with Crippen LogP contribution >= 0.6 is 11.6 Å². The van der Waals surface area contributed by atoms with E-state index < -0.39 is 0 Å². The predicted octanol–water partition coefficient (Wildman–Crippen LogP) is 4.33. The predicted molar refractivity (Wildman–Crippen MR) is 95.7 cm³/mol. The number of hydrogen-bond acceptors (Lipinski definition) is 2. The van der Waals surface area contributed by atoms with Gasteiger partial charge in [0.05, 0.1) is 6.10 Å². The van der Waals surface area contributed by atoms with Crippen LogP contribution in [0.1, 0.15) is 30.4 Å². The van der Waals surface area contributed by atoms with Crippen molar-refractivity contribution in [3.8, 4) is 0 Å². The summed E-state index contributed by atoms with van der Waals surface area (Å²) in [4.78, 5) is 2.49. The maximum Gasteiger partial charge on any atom is 0.0547 e. The van der Waals surface area contributed by atoms with Crippen LogP contribution in [0, 0.1) is 5.92 Å². The minimum absolute atomic E-state index is 0.283. The van der Waals surface area contributed by atoms with Crippen LogP contribution in [-0.4, -0.2) is 29.2 Å². The van der Waals surface area contributed by atoms with Gasteiger partial charge in [-0.25, -0.2) is 0 Å². The fourth-order valence-corrected chi connectivity index (χ4v) is 3.79. The van der Waals surface area contributed by atoms with Crippen molar-refractivity contribution >= 4 is 11.6 Å². The van der Waals surface area contributed by atoms with E-state index in [0.717, 1.165) is 31.1 Å². The summed E-state index contributed by atoms with van der Waals surface area (Å²) in [6.07, 6.45) is 0.743. The van der Waals surface area contributed by atoms with E-state index in [9.17, 15) is 5.11 Å². The standard InChI is InChI=1S/C20H24ClNO/c1-15(23)19-11-12-22(13-16-5-3-2-4-6-16)14-20(19)17-7-9-18(21)10-8-17/h2-10,15,19-20,23H,11-14H2,1H3/t15-,19+,20+/m0/s1. The van der Waals surface area contributed by atoms with Gasteiger partial charge in [0.1, 0.15) is 0 Å². The number of nitrogens with zero attached hydrogens (tertiary/aromatic N) is 1. The molecule has 1 heterocycles. The summed E-state index contributed by atoms with van der Waals surface area (Å²) in [5, 5.41) is 11.0. The van der Waals surface area contributed by atoms with Crippen molar-refractivity contribution in [2.75, 3.05) is 13.1 Å². The molecule has 0 aliphatic carbocycles. The van der Waals surface area contributed by atoms with E-state index in [0.29, 0.717) is 11.8 Å². The first-order valence-electron chi connectivity index (χ1n) is 8.33. The van der Waals surface area contributed by atoms with Crippen LogP contribution < -0.4 is 0 Å². The summed E-state index contributed by atoms with van der Waals surface area (Å²) >= 11 is 6.03. The third kappa shape index (κ3) is 4.14. The van der Waals surface area contributed by atoms with Crippen molar-refractivity contribution in [1.29, 1.82) is 0 Å². The van der Waals surface area contributed by atoms with Crippen LogP contribution in [0.25, 0.3) is 0 Å². The lowest BCUT2D eigenvalue weighted by atomic mass is 9.78. The Balaban J connectivity index is 1.77. The largest absolute Gasteiger partial charge is 0.393 e. The highest BCUT2D eigenvalue weighted by Gasteiger charge is 2.33. The summed E-state index contributed by atoms with van der Waals surface area (Å²) in [6.45, 7) is 4.90. The number of rotatable bonds is 4. The molecule has 0 aromatic heterocycles. The van der Waals surface area contributed by atoms with Gasteiger partial charge in [-0.15, -0.1) is 0 Å². The van der Waals surface area contributed by atoms with Crippen molar-refractivity contribution in [3.05, 3.63) is 70.7 Å². The molecule has 0 saturated carbocycles. The second kappa shape index (κ2) is 7.48. The highest BCUT2D eigenvalue weighted by atomic mass is 35.5. The monoisotopic (exact) mass is 329 g/mol. The van der Waals surface area contributed by atoms with E-state index in [-0.39, 0.29) is 6.10 Å². The van der Waals surface area contributed by atoms with Gasteiger partial charge >= 0.3 is 0 Å². The topological polar surface area (TPSA) is 23.5 Å². The molecule has 2 aromatic rings. The van der Waals surface area contributed by atoms with Gasteiger partial charge in [0, 0.05) is 24.0 Å².